The standard InChI is InChI=1S/C20H23FN4/c1-23(2)17-5-3-15(4-6-17)19-14-25-12-9-18(13-20(25)22-19)24-10-7-16(21)8-11-24/h3-6,9,12-14,16H,7-8,10-11H2,1-2H3. The maximum atomic E-state index is 13.3. The summed E-state index contributed by atoms with van der Waals surface area (Å²) in [5, 5.41) is 0. The van der Waals surface area contributed by atoms with Gasteiger partial charge in [-0.25, -0.2) is 9.37 Å². The van der Waals surface area contributed by atoms with Crippen LogP contribution in [-0.4, -0.2) is 42.7 Å². The van der Waals surface area contributed by atoms with Crippen molar-refractivity contribution in [3.63, 3.8) is 0 Å². The van der Waals surface area contributed by atoms with Crippen LogP contribution in [0.3, 0.4) is 0 Å². The second-order valence-electron chi connectivity index (χ2n) is 6.88. The first kappa shape index (κ1) is 15.9. The zero-order chi connectivity index (χ0) is 17.4. The van der Waals surface area contributed by atoms with Gasteiger partial charge in [-0.3, -0.25) is 0 Å². The van der Waals surface area contributed by atoms with Crippen molar-refractivity contribution in [1.29, 1.82) is 0 Å². The summed E-state index contributed by atoms with van der Waals surface area (Å²) in [7, 11) is 4.07. The Labute approximate surface area is 147 Å². The van der Waals surface area contributed by atoms with Crippen molar-refractivity contribution in [2.24, 2.45) is 0 Å². The van der Waals surface area contributed by atoms with E-state index in [0.717, 1.165) is 35.7 Å². The lowest BCUT2D eigenvalue weighted by molar-refractivity contribution is 0.277. The molecule has 0 spiro atoms. The van der Waals surface area contributed by atoms with Crippen LogP contribution >= 0.6 is 0 Å². The molecular formula is C20H23FN4. The third kappa shape index (κ3) is 3.18. The molecule has 3 aromatic rings. The minimum Gasteiger partial charge on any atom is -0.378 e. The van der Waals surface area contributed by atoms with Gasteiger partial charge >= 0.3 is 0 Å². The van der Waals surface area contributed by atoms with Crippen molar-refractivity contribution < 1.29 is 4.39 Å². The summed E-state index contributed by atoms with van der Waals surface area (Å²) in [6, 6.07) is 12.6. The molecular weight excluding hydrogens is 315 g/mol. The number of aromatic nitrogens is 2. The van der Waals surface area contributed by atoms with E-state index >= 15 is 0 Å². The molecule has 0 amide bonds. The predicted octanol–water partition coefficient (Wildman–Crippen LogP) is 4.01. The molecule has 1 aliphatic heterocycles. The van der Waals surface area contributed by atoms with Gasteiger partial charge in [-0.1, -0.05) is 12.1 Å². The fraction of sp³-hybridized carbons (Fsp3) is 0.350. The molecule has 0 aliphatic carbocycles. The largest absolute Gasteiger partial charge is 0.378 e. The van der Waals surface area contributed by atoms with Gasteiger partial charge in [-0.15, -0.1) is 0 Å². The number of nitrogens with zero attached hydrogens (tertiary/aromatic N) is 4. The first-order valence-electron chi connectivity index (χ1n) is 8.76. The normalized spacial score (nSPS) is 15.7. The number of pyridine rings is 1. The van der Waals surface area contributed by atoms with Crippen LogP contribution in [0.1, 0.15) is 12.8 Å². The highest BCUT2D eigenvalue weighted by molar-refractivity contribution is 5.67. The lowest BCUT2D eigenvalue weighted by Crippen LogP contribution is -2.34. The number of piperidine rings is 1. The van der Waals surface area contributed by atoms with Gasteiger partial charge in [0.15, 0.2) is 0 Å². The van der Waals surface area contributed by atoms with E-state index in [9.17, 15) is 4.39 Å². The molecule has 2 aromatic heterocycles. The summed E-state index contributed by atoms with van der Waals surface area (Å²) in [6.07, 6.45) is 4.67. The third-order valence-electron chi connectivity index (χ3n) is 4.91. The topological polar surface area (TPSA) is 23.8 Å². The molecule has 4 nitrogen and oxygen atoms in total. The van der Waals surface area contributed by atoms with Crippen LogP contribution in [0.25, 0.3) is 16.9 Å². The third-order valence-corrected chi connectivity index (χ3v) is 4.91. The zero-order valence-corrected chi connectivity index (χ0v) is 14.7. The second kappa shape index (κ2) is 6.39. The maximum Gasteiger partial charge on any atom is 0.139 e. The van der Waals surface area contributed by atoms with Gasteiger partial charge in [0.05, 0.1) is 5.69 Å². The molecule has 5 heteroatoms. The Morgan fingerprint density at radius 3 is 2.48 bits per heavy atom. The molecule has 0 bridgehead atoms. The van der Waals surface area contributed by atoms with Crippen molar-refractivity contribution in [3.05, 3.63) is 48.8 Å². The van der Waals surface area contributed by atoms with Gasteiger partial charge in [0.2, 0.25) is 0 Å². The fourth-order valence-corrected chi connectivity index (χ4v) is 3.34. The minimum absolute atomic E-state index is 0.614. The number of hydrogen-bond donors (Lipinski definition) is 0. The molecule has 25 heavy (non-hydrogen) atoms. The van der Waals surface area contributed by atoms with E-state index in [2.05, 4.69) is 52.4 Å². The summed E-state index contributed by atoms with van der Waals surface area (Å²) in [5.41, 5.74) is 5.29. The molecule has 1 aromatic carbocycles. The Kier molecular flexibility index (Phi) is 4.07. The Hall–Kier alpha value is -2.56. The maximum absolute atomic E-state index is 13.3. The Morgan fingerprint density at radius 2 is 1.80 bits per heavy atom. The van der Waals surface area contributed by atoms with Crippen molar-refractivity contribution >= 4 is 17.0 Å². The van der Waals surface area contributed by atoms with Gasteiger partial charge in [-0.05, 0) is 31.0 Å². The molecule has 0 N–H and O–H groups in total. The van der Waals surface area contributed by atoms with E-state index in [1.54, 1.807) is 0 Å². The van der Waals surface area contributed by atoms with Gasteiger partial charge in [0.25, 0.3) is 0 Å². The summed E-state index contributed by atoms with van der Waals surface area (Å²) in [6.45, 7) is 1.55. The predicted molar refractivity (Wildman–Crippen MR) is 101 cm³/mol. The van der Waals surface area contributed by atoms with E-state index in [1.807, 2.05) is 24.7 Å². The number of rotatable bonds is 3. The quantitative estimate of drug-likeness (QED) is 0.721. The van der Waals surface area contributed by atoms with Gasteiger partial charge < -0.3 is 14.2 Å². The number of anilines is 2. The molecule has 1 saturated heterocycles. The summed E-state index contributed by atoms with van der Waals surface area (Å²) in [4.78, 5) is 9.11. The number of imidazole rings is 1. The molecule has 1 aliphatic rings. The molecule has 4 rings (SSSR count). The molecule has 3 heterocycles. The molecule has 0 radical (unpaired) electrons. The molecule has 1 fully saturated rings. The summed E-state index contributed by atoms with van der Waals surface area (Å²) in [5.74, 6) is 0. The lowest BCUT2D eigenvalue weighted by atomic mass is 10.1. The monoisotopic (exact) mass is 338 g/mol. The molecule has 0 saturated carbocycles. The van der Waals surface area contributed by atoms with Crippen LogP contribution in [0.2, 0.25) is 0 Å². The highest BCUT2D eigenvalue weighted by Gasteiger charge is 2.19. The van der Waals surface area contributed by atoms with Gasteiger partial charge in [0.1, 0.15) is 11.8 Å². The number of hydrogen-bond acceptors (Lipinski definition) is 3. The van der Waals surface area contributed by atoms with Gasteiger partial charge in [0, 0.05) is 62.6 Å². The van der Waals surface area contributed by atoms with E-state index in [1.165, 1.54) is 5.69 Å². The van der Waals surface area contributed by atoms with Crippen LogP contribution in [0.4, 0.5) is 15.8 Å². The van der Waals surface area contributed by atoms with E-state index in [0.29, 0.717) is 12.8 Å². The smallest absolute Gasteiger partial charge is 0.139 e. The summed E-state index contributed by atoms with van der Waals surface area (Å²) < 4.78 is 15.4. The van der Waals surface area contributed by atoms with Crippen molar-refractivity contribution in [1.82, 2.24) is 9.38 Å². The summed E-state index contributed by atoms with van der Waals surface area (Å²) >= 11 is 0. The number of alkyl halides is 1. The Bertz CT molecular complexity index is 861. The molecule has 0 unspecified atom stereocenters. The highest BCUT2D eigenvalue weighted by Crippen LogP contribution is 2.26. The van der Waals surface area contributed by atoms with E-state index in [-0.39, 0.29) is 0 Å². The average molecular weight is 338 g/mol. The highest BCUT2D eigenvalue weighted by atomic mass is 19.1. The van der Waals surface area contributed by atoms with Crippen LogP contribution in [0, 0.1) is 0 Å². The van der Waals surface area contributed by atoms with Gasteiger partial charge in [-0.2, -0.15) is 0 Å². The fourth-order valence-electron chi connectivity index (χ4n) is 3.34. The number of fused-ring (bicyclic) bond motifs is 1. The average Bonchev–Trinajstić information content (AvgIpc) is 3.05. The minimum atomic E-state index is -0.650. The zero-order valence-electron chi connectivity index (χ0n) is 14.7. The van der Waals surface area contributed by atoms with Crippen LogP contribution in [0.15, 0.2) is 48.8 Å². The SMILES string of the molecule is CN(C)c1ccc(-c2cn3ccc(N4CCC(F)CC4)cc3n2)cc1. The second-order valence-corrected chi connectivity index (χ2v) is 6.88. The number of benzene rings is 1. The number of halogens is 1. The van der Waals surface area contributed by atoms with E-state index in [4.69, 9.17) is 4.98 Å². The van der Waals surface area contributed by atoms with Crippen LogP contribution in [0.5, 0.6) is 0 Å². The first-order chi connectivity index (χ1) is 12.1. The lowest BCUT2D eigenvalue weighted by Gasteiger charge is -2.30. The van der Waals surface area contributed by atoms with Crippen molar-refractivity contribution in [3.8, 4) is 11.3 Å². The first-order valence-corrected chi connectivity index (χ1v) is 8.76. The van der Waals surface area contributed by atoms with Crippen molar-refractivity contribution in [2.75, 3.05) is 37.0 Å². The van der Waals surface area contributed by atoms with Crippen molar-refractivity contribution in [2.45, 2.75) is 19.0 Å². The Morgan fingerprint density at radius 1 is 1.08 bits per heavy atom. The van der Waals surface area contributed by atoms with E-state index < -0.39 is 6.17 Å². The van der Waals surface area contributed by atoms with Crippen LogP contribution < -0.4 is 9.80 Å². The van der Waals surface area contributed by atoms with Crippen LogP contribution in [-0.2, 0) is 0 Å². The Balaban J connectivity index is 1.61. The molecule has 0 atom stereocenters. The molecule has 130 valence electrons.